The van der Waals surface area contributed by atoms with Gasteiger partial charge in [0, 0.05) is 0 Å². The molecule has 9 rings (SSSR count). The Morgan fingerprint density at radius 1 is 0.220 bits per heavy atom. The van der Waals surface area contributed by atoms with Crippen molar-refractivity contribution in [1.29, 1.82) is 0 Å². The summed E-state index contributed by atoms with van der Waals surface area (Å²) in [7, 11) is 0. The first-order valence-corrected chi connectivity index (χ1v) is 21.0. The van der Waals surface area contributed by atoms with Gasteiger partial charge in [0.2, 0.25) is 0 Å². The van der Waals surface area contributed by atoms with E-state index in [4.69, 9.17) is 12.6 Å². The van der Waals surface area contributed by atoms with Gasteiger partial charge in [-0.3, -0.25) is 0 Å². The molecule has 50 heavy (non-hydrogen) atoms. The molecule has 9 aromatic carbocycles. The fourth-order valence-electron chi connectivity index (χ4n) is 7.57. The highest BCUT2D eigenvalue weighted by atomic mass is 31.2. The second kappa shape index (κ2) is 12.2. The number of fused-ring (bicyclic) bond motifs is 4. The van der Waals surface area contributed by atoms with E-state index in [1.807, 2.05) is 0 Å². The lowest BCUT2D eigenvalue weighted by atomic mass is 9.97. The van der Waals surface area contributed by atoms with Gasteiger partial charge < -0.3 is 0 Å². The molecule has 0 saturated heterocycles. The monoisotopic (exact) mass is 674 g/mol. The topological polar surface area (TPSA) is 0 Å². The Morgan fingerprint density at radius 2 is 0.460 bits per heavy atom. The average Bonchev–Trinajstić information content (AvgIpc) is 3.18. The van der Waals surface area contributed by atoms with Crippen molar-refractivity contribution in [2.24, 2.45) is 0 Å². The maximum atomic E-state index is 4.98. The largest absolute Gasteiger partial charge is 0.0887 e. The van der Waals surface area contributed by atoms with Crippen LogP contribution in [-0.4, -0.2) is 12.6 Å². The lowest BCUT2D eigenvalue weighted by Crippen LogP contribution is -2.25. The molecule has 2 heteroatoms. The third kappa shape index (κ3) is 5.07. The Morgan fingerprint density at radius 3 is 0.740 bits per heavy atom. The predicted molar refractivity (Wildman–Crippen MR) is 228 cm³/mol. The Bertz CT molecular complexity index is 2500. The van der Waals surface area contributed by atoms with Crippen molar-refractivity contribution in [2.45, 2.75) is 0 Å². The molecule has 0 fully saturated rings. The Hall–Kier alpha value is -5.38. The molecule has 0 heterocycles. The lowest BCUT2D eigenvalue weighted by Gasteiger charge is -2.27. The third-order valence-corrected chi connectivity index (χ3v) is 17.4. The predicted octanol–water partition coefficient (Wildman–Crippen LogP) is 9.75. The van der Waals surface area contributed by atoms with Gasteiger partial charge in [0.15, 0.2) is 0 Å². The van der Waals surface area contributed by atoms with Crippen LogP contribution in [0.5, 0.6) is 0 Å². The zero-order chi connectivity index (χ0) is 33.7. The van der Waals surface area contributed by atoms with Gasteiger partial charge in [0.05, 0.1) is 0 Å². The highest BCUT2D eigenvalue weighted by Crippen LogP contribution is 2.44. The molecule has 0 radical (unpaired) electrons. The summed E-state index contributed by atoms with van der Waals surface area (Å²) in [6.45, 7) is -4.13. The molecule has 0 bridgehead atoms. The highest BCUT2D eigenvalue weighted by molar-refractivity contribution is 7.93. The van der Waals surface area contributed by atoms with Crippen LogP contribution in [0.2, 0.25) is 0 Å². The van der Waals surface area contributed by atoms with E-state index in [-0.39, 0.29) is 0 Å². The van der Waals surface area contributed by atoms with Crippen molar-refractivity contribution in [3.05, 3.63) is 194 Å². The second-order valence-electron chi connectivity index (χ2n) is 13.3. The molecule has 0 N–H and O–H groups in total. The molecule has 0 spiro atoms. The van der Waals surface area contributed by atoms with Crippen LogP contribution in [0.3, 0.4) is 0 Å². The summed E-state index contributed by atoms with van der Waals surface area (Å²) >= 11 is 0. The van der Waals surface area contributed by atoms with Crippen LogP contribution in [0.25, 0.3) is 43.1 Å². The van der Waals surface area contributed by atoms with Crippen LogP contribution < -0.4 is 31.8 Å². The molecule has 0 amide bonds. The molecule has 0 atom stereocenters. The smallest absolute Gasteiger partial charge is 0.0159 e. The summed E-state index contributed by atoms with van der Waals surface area (Å²) in [5.41, 5.74) is 0. The van der Waals surface area contributed by atoms with Crippen LogP contribution >= 0.6 is 13.8 Å². The molecular formula is C48H36P2. The summed E-state index contributed by atoms with van der Waals surface area (Å²) in [6, 6.07) is 71.4. The van der Waals surface area contributed by atoms with E-state index in [1.54, 1.807) is 0 Å². The molecule has 0 aliphatic rings. The molecule has 9 aromatic rings. The summed E-state index contributed by atoms with van der Waals surface area (Å²) in [5, 5.41) is 17.7. The van der Waals surface area contributed by atoms with Crippen molar-refractivity contribution in [3.8, 4) is 0 Å². The molecular weight excluding hydrogens is 638 g/mol. The molecule has 0 aromatic heterocycles. The first-order valence-electron chi connectivity index (χ1n) is 17.1. The zero-order valence-electron chi connectivity index (χ0n) is 27.8. The fraction of sp³-hybridized carbons (Fsp3) is 0. The number of hydrogen-bond acceptors (Lipinski definition) is 0. The molecule has 0 aliphatic carbocycles. The van der Waals surface area contributed by atoms with Crippen LogP contribution in [0, 0.1) is 0 Å². The normalized spacial score (nSPS) is 12.2. The number of benzene rings is 9. The van der Waals surface area contributed by atoms with E-state index in [0.717, 1.165) is 0 Å². The van der Waals surface area contributed by atoms with Crippen molar-refractivity contribution in [1.82, 2.24) is 0 Å². The minimum absolute atomic E-state index is 1.24. The minimum Gasteiger partial charge on any atom is -0.0887 e. The SMILES string of the molecule is C=P(c1ccccc1)(c1ccccc1)c1ccc2cc3cc4cc5cc(P(=C)(c6ccccc6)c6ccccc6)ccc5cc4cc3cc2c1. The maximum absolute atomic E-state index is 4.98. The van der Waals surface area contributed by atoms with E-state index < -0.39 is 13.8 Å². The highest BCUT2D eigenvalue weighted by Gasteiger charge is 2.24. The Kier molecular flexibility index (Phi) is 7.48. The molecule has 0 aliphatic heterocycles. The van der Waals surface area contributed by atoms with Gasteiger partial charge in [0.25, 0.3) is 0 Å². The van der Waals surface area contributed by atoms with Crippen molar-refractivity contribution >= 4 is 101 Å². The van der Waals surface area contributed by atoms with Crippen LogP contribution in [0.1, 0.15) is 0 Å². The van der Waals surface area contributed by atoms with Gasteiger partial charge in [-0.25, -0.2) is 0 Å². The van der Waals surface area contributed by atoms with Crippen LogP contribution in [0.4, 0.5) is 0 Å². The van der Waals surface area contributed by atoms with Crippen molar-refractivity contribution < 1.29 is 0 Å². The summed E-state index contributed by atoms with van der Waals surface area (Å²) < 4.78 is 0. The standard InChI is InChI=1S/C48H36P2/c1-49(43-15-7-3-8-16-43,44-17-9-4-10-18-44)47-25-23-35-27-37-30-40-32-42-34-48(26-24-36(42)28-38(40)29-39(37)31-41(35)33-47)50(2,45-19-11-5-12-20-45)46-21-13-6-14-22-46/h3-34H,1-2H2. The van der Waals surface area contributed by atoms with Gasteiger partial charge in [-0.2, -0.15) is 0 Å². The second-order valence-corrected chi connectivity index (χ2v) is 19.6. The molecule has 238 valence electrons. The van der Waals surface area contributed by atoms with E-state index >= 15 is 0 Å². The van der Waals surface area contributed by atoms with E-state index in [0.29, 0.717) is 0 Å². The maximum Gasteiger partial charge on any atom is -0.0159 e. The van der Waals surface area contributed by atoms with Crippen molar-refractivity contribution in [3.63, 3.8) is 0 Å². The quantitative estimate of drug-likeness (QED) is 0.122. The minimum atomic E-state index is -2.07. The fourth-order valence-corrected chi connectivity index (χ4v) is 13.5. The lowest BCUT2D eigenvalue weighted by molar-refractivity contribution is 1.74. The van der Waals surface area contributed by atoms with Crippen molar-refractivity contribution in [2.75, 3.05) is 0 Å². The Balaban J connectivity index is 1.17. The van der Waals surface area contributed by atoms with Gasteiger partial charge in [-0.15, -0.1) is 0 Å². The summed E-state index contributed by atoms with van der Waals surface area (Å²) in [4.78, 5) is 0. The molecule has 0 saturated carbocycles. The van der Waals surface area contributed by atoms with Gasteiger partial charge in [-0.05, 0) is 137 Å². The first-order chi connectivity index (χ1) is 24.5. The zero-order valence-corrected chi connectivity index (χ0v) is 29.6. The molecule has 0 unspecified atom stereocenters. The van der Waals surface area contributed by atoms with Crippen LogP contribution in [0.15, 0.2) is 194 Å². The number of rotatable bonds is 6. The number of hydrogen-bond donors (Lipinski definition) is 0. The molecule has 0 nitrogen and oxygen atoms in total. The van der Waals surface area contributed by atoms with Gasteiger partial charge in [-0.1, -0.05) is 158 Å². The summed E-state index contributed by atoms with van der Waals surface area (Å²) in [5.74, 6) is 0. The average molecular weight is 675 g/mol. The van der Waals surface area contributed by atoms with E-state index in [2.05, 4.69) is 194 Å². The van der Waals surface area contributed by atoms with Gasteiger partial charge in [0.1, 0.15) is 0 Å². The summed E-state index contributed by atoms with van der Waals surface area (Å²) in [6.07, 6.45) is 9.97. The Labute approximate surface area is 294 Å². The van der Waals surface area contributed by atoms with Gasteiger partial charge >= 0.3 is 0 Å². The van der Waals surface area contributed by atoms with E-state index in [9.17, 15) is 0 Å². The van der Waals surface area contributed by atoms with Crippen LogP contribution in [-0.2, 0) is 0 Å². The van der Waals surface area contributed by atoms with E-state index in [1.165, 1.54) is 74.9 Å². The third-order valence-electron chi connectivity index (χ3n) is 10.3. The first kappa shape index (κ1) is 30.7.